The topological polar surface area (TPSA) is 93.5 Å². The number of halogens is 1. The Bertz CT molecular complexity index is 1400. The normalized spacial score (nSPS) is 10.9. The lowest BCUT2D eigenvalue weighted by Gasteiger charge is -2.18. The molecule has 0 spiro atoms. The number of carbonyl (C=O) groups excluding carboxylic acids is 1. The van der Waals surface area contributed by atoms with E-state index in [0.29, 0.717) is 53.3 Å². The number of likely N-dealkylation sites (N-methyl/N-ethyl adjacent to an activating group) is 1. The molecule has 0 aliphatic heterocycles. The third kappa shape index (κ3) is 5.61. The van der Waals surface area contributed by atoms with E-state index in [9.17, 15) is 9.18 Å². The van der Waals surface area contributed by atoms with Gasteiger partial charge in [-0.05, 0) is 50.5 Å². The van der Waals surface area contributed by atoms with Crippen LogP contribution < -0.4 is 20.1 Å². The first kappa shape index (κ1) is 24.7. The van der Waals surface area contributed by atoms with Crippen LogP contribution in [0.25, 0.3) is 16.7 Å². The van der Waals surface area contributed by atoms with E-state index in [2.05, 4.69) is 27.2 Å². The zero-order valence-electron chi connectivity index (χ0n) is 20.3. The summed E-state index contributed by atoms with van der Waals surface area (Å²) in [7, 11) is 5.42. The van der Waals surface area contributed by atoms with Crippen LogP contribution in [0.3, 0.4) is 0 Å². The fraction of sp³-hybridized carbons (Fsp3) is 0.192. The Kier molecular flexibility index (Phi) is 7.45. The first-order valence-corrected chi connectivity index (χ1v) is 11.2. The molecule has 0 saturated heterocycles. The first-order valence-electron chi connectivity index (χ1n) is 11.2. The van der Waals surface area contributed by atoms with Gasteiger partial charge in [-0.1, -0.05) is 12.6 Å². The second-order valence-corrected chi connectivity index (χ2v) is 8.16. The lowest BCUT2D eigenvalue weighted by molar-refractivity contribution is -0.111. The maximum Gasteiger partial charge on any atom is 0.247 e. The molecule has 0 aliphatic carbocycles. The molecule has 0 aliphatic rings. The van der Waals surface area contributed by atoms with Crippen molar-refractivity contribution in [2.75, 3.05) is 45.0 Å². The highest BCUT2D eigenvalue weighted by molar-refractivity contribution is 6.00. The average molecular weight is 491 g/mol. The van der Waals surface area contributed by atoms with Gasteiger partial charge in [-0.2, -0.15) is 4.98 Å². The number of rotatable bonds is 10. The van der Waals surface area contributed by atoms with E-state index in [1.807, 2.05) is 25.1 Å². The third-order valence-corrected chi connectivity index (χ3v) is 5.30. The number of fused-ring (bicyclic) bond motifs is 1. The molecule has 2 aromatic carbocycles. The SMILES string of the molecule is C=CC(=O)Nc1cc(Nc2ncc3ccn(-c4cccc(F)c4)c3n2)c(OC)cc1OCCN(C)C. The molecule has 4 aromatic rings. The largest absolute Gasteiger partial charge is 0.494 e. The number of aromatic nitrogens is 3. The number of nitrogens with zero attached hydrogens (tertiary/aromatic N) is 4. The number of carbonyl (C=O) groups is 1. The zero-order chi connectivity index (χ0) is 25.7. The number of benzene rings is 2. The maximum atomic E-state index is 13.8. The fourth-order valence-corrected chi connectivity index (χ4v) is 3.50. The molecule has 1 amide bonds. The Morgan fingerprint density at radius 3 is 2.75 bits per heavy atom. The Labute approximate surface area is 208 Å². The Balaban J connectivity index is 1.69. The summed E-state index contributed by atoms with van der Waals surface area (Å²) in [5, 5.41) is 6.71. The van der Waals surface area contributed by atoms with E-state index in [4.69, 9.17) is 9.47 Å². The zero-order valence-corrected chi connectivity index (χ0v) is 20.3. The van der Waals surface area contributed by atoms with Gasteiger partial charge in [0.25, 0.3) is 0 Å². The number of nitrogens with one attached hydrogen (secondary N) is 2. The molecule has 0 radical (unpaired) electrons. The van der Waals surface area contributed by atoms with Gasteiger partial charge < -0.3 is 29.6 Å². The van der Waals surface area contributed by atoms with Crippen LogP contribution in [-0.2, 0) is 4.79 Å². The number of amides is 1. The average Bonchev–Trinajstić information content (AvgIpc) is 3.28. The van der Waals surface area contributed by atoms with Crippen LogP contribution in [0.2, 0.25) is 0 Å². The standard InChI is InChI=1S/C26H27FN6O3/c1-5-24(34)29-21-14-20(22(35-4)15-23(21)36-12-11-32(2)3)30-26-28-16-17-9-10-33(25(17)31-26)19-8-6-7-18(27)13-19/h5-10,13-16H,1,11-12H2,2-4H3,(H,29,34)(H,28,30,31). The van der Waals surface area contributed by atoms with Crippen molar-refractivity contribution < 1.29 is 18.7 Å². The summed E-state index contributed by atoms with van der Waals surface area (Å²) in [6.07, 6.45) is 4.66. The molecule has 2 heterocycles. The van der Waals surface area contributed by atoms with E-state index < -0.39 is 0 Å². The van der Waals surface area contributed by atoms with Crippen LogP contribution in [-0.4, -0.2) is 59.7 Å². The van der Waals surface area contributed by atoms with Gasteiger partial charge in [0.1, 0.15) is 29.6 Å². The van der Waals surface area contributed by atoms with Crippen molar-refractivity contribution in [1.82, 2.24) is 19.4 Å². The van der Waals surface area contributed by atoms with Crippen LogP contribution in [0.5, 0.6) is 11.5 Å². The molecule has 0 bridgehead atoms. The number of methoxy groups -OCH3 is 1. The Morgan fingerprint density at radius 2 is 2.03 bits per heavy atom. The van der Waals surface area contributed by atoms with Gasteiger partial charge in [-0.25, -0.2) is 9.37 Å². The summed E-state index contributed by atoms with van der Waals surface area (Å²) in [6, 6.07) is 11.5. The molecule has 0 fully saturated rings. The highest BCUT2D eigenvalue weighted by Crippen LogP contribution is 2.38. The van der Waals surface area contributed by atoms with E-state index >= 15 is 0 Å². The second-order valence-electron chi connectivity index (χ2n) is 8.16. The van der Waals surface area contributed by atoms with Gasteiger partial charge in [0.2, 0.25) is 11.9 Å². The van der Waals surface area contributed by atoms with Crippen molar-refractivity contribution in [3.63, 3.8) is 0 Å². The van der Waals surface area contributed by atoms with Crippen LogP contribution in [0, 0.1) is 5.82 Å². The van der Waals surface area contributed by atoms with Crippen molar-refractivity contribution in [3.8, 4) is 17.2 Å². The first-order chi connectivity index (χ1) is 17.4. The molecule has 186 valence electrons. The third-order valence-electron chi connectivity index (χ3n) is 5.30. The van der Waals surface area contributed by atoms with Crippen LogP contribution in [0.4, 0.5) is 21.7 Å². The minimum Gasteiger partial charge on any atom is -0.494 e. The predicted octanol–water partition coefficient (Wildman–Crippen LogP) is 4.38. The smallest absolute Gasteiger partial charge is 0.247 e. The number of hydrogen-bond donors (Lipinski definition) is 2. The highest BCUT2D eigenvalue weighted by Gasteiger charge is 2.16. The highest BCUT2D eigenvalue weighted by atomic mass is 19.1. The minimum atomic E-state index is -0.380. The quantitative estimate of drug-likeness (QED) is 0.319. The molecule has 0 unspecified atom stereocenters. The fourth-order valence-electron chi connectivity index (χ4n) is 3.50. The summed E-state index contributed by atoms with van der Waals surface area (Å²) in [5.74, 6) is 0.489. The van der Waals surface area contributed by atoms with Crippen molar-refractivity contribution in [2.45, 2.75) is 0 Å². The molecule has 4 rings (SSSR count). The Morgan fingerprint density at radius 1 is 1.19 bits per heavy atom. The van der Waals surface area contributed by atoms with Crippen molar-refractivity contribution in [2.24, 2.45) is 0 Å². The molecule has 0 saturated carbocycles. The van der Waals surface area contributed by atoms with Crippen LogP contribution in [0.1, 0.15) is 0 Å². The number of anilines is 3. The van der Waals surface area contributed by atoms with Gasteiger partial charge in [-0.3, -0.25) is 4.79 Å². The summed E-state index contributed by atoms with van der Waals surface area (Å²) in [6.45, 7) is 4.62. The molecule has 36 heavy (non-hydrogen) atoms. The van der Waals surface area contributed by atoms with Crippen LogP contribution in [0.15, 0.2) is 67.5 Å². The lowest BCUT2D eigenvalue weighted by atomic mass is 10.2. The molecule has 0 atom stereocenters. The minimum absolute atomic E-state index is 0.291. The molecular formula is C26H27FN6O3. The predicted molar refractivity (Wildman–Crippen MR) is 138 cm³/mol. The van der Waals surface area contributed by atoms with E-state index in [-0.39, 0.29) is 11.7 Å². The number of hydrogen-bond acceptors (Lipinski definition) is 7. The molecule has 2 aromatic heterocycles. The van der Waals surface area contributed by atoms with E-state index in [1.165, 1.54) is 25.3 Å². The van der Waals surface area contributed by atoms with Gasteiger partial charge >= 0.3 is 0 Å². The van der Waals surface area contributed by atoms with Crippen molar-refractivity contribution in [3.05, 3.63) is 73.3 Å². The van der Waals surface area contributed by atoms with Gasteiger partial charge in [0.05, 0.1) is 18.5 Å². The summed E-state index contributed by atoms with van der Waals surface area (Å²) < 4.78 is 27.0. The molecule has 10 heteroatoms. The lowest BCUT2D eigenvalue weighted by Crippen LogP contribution is -2.20. The van der Waals surface area contributed by atoms with Gasteiger partial charge in [0, 0.05) is 36.1 Å². The molecular weight excluding hydrogens is 463 g/mol. The maximum absolute atomic E-state index is 13.8. The van der Waals surface area contributed by atoms with E-state index in [1.54, 1.807) is 41.2 Å². The monoisotopic (exact) mass is 490 g/mol. The number of ether oxygens (including phenoxy) is 2. The summed E-state index contributed by atoms with van der Waals surface area (Å²) >= 11 is 0. The summed E-state index contributed by atoms with van der Waals surface area (Å²) in [4.78, 5) is 23.1. The summed E-state index contributed by atoms with van der Waals surface area (Å²) in [5.41, 5.74) is 2.19. The van der Waals surface area contributed by atoms with Gasteiger partial charge in [-0.15, -0.1) is 0 Å². The van der Waals surface area contributed by atoms with Crippen LogP contribution >= 0.6 is 0 Å². The molecule has 9 nitrogen and oxygen atoms in total. The van der Waals surface area contributed by atoms with Crippen molar-refractivity contribution in [1.29, 1.82) is 0 Å². The Hall–Kier alpha value is -4.44. The van der Waals surface area contributed by atoms with Gasteiger partial charge in [0.15, 0.2) is 0 Å². The second kappa shape index (κ2) is 10.9. The van der Waals surface area contributed by atoms with Crippen molar-refractivity contribution >= 4 is 34.3 Å². The molecule has 2 N–H and O–H groups in total. The van der Waals surface area contributed by atoms with E-state index in [0.717, 1.165) is 5.39 Å².